The first kappa shape index (κ1) is 14.4. The van der Waals surface area contributed by atoms with Gasteiger partial charge in [0, 0.05) is 5.75 Å². The van der Waals surface area contributed by atoms with Crippen molar-refractivity contribution in [3.05, 3.63) is 57.0 Å². The Morgan fingerprint density at radius 2 is 2.15 bits per heavy atom. The van der Waals surface area contributed by atoms with Crippen LogP contribution in [0.1, 0.15) is 29.3 Å². The van der Waals surface area contributed by atoms with Crippen LogP contribution in [-0.2, 0) is 12.2 Å². The predicted molar refractivity (Wildman–Crippen MR) is 79.7 cm³/mol. The number of H-pyrrole nitrogens is 1. The summed E-state index contributed by atoms with van der Waals surface area (Å²) in [5.74, 6) is 0.741. The summed E-state index contributed by atoms with van der Waals surface area (Å²) >= 11 is 1.47. The lowest BCUT2D eigenvalue weighted by molar-refractivity contribution is 0.859. The average Bonchev–Trinajstić information content (AvgIpc) is 2.45. The number of benzene rings is 1. The molecule has 0 saturated carbocycles. The molecular weight excluding hydrogens is 270 g/mol. The Morgan fingerprint density at radius 1 is 1.40 bits per heavy atom. The molecule has 102 valence electrons. The third-order valence-electron chi connectivity index (χ3n) is 3.04. The van der Waals surface area contributed by atoms with Crippen LogP contribution in [0.2, 0.25) is 0 Å². The van der Waals surface area contributed by atoms with Crippen LogP contribution in [0.15, 0.2) is 34.2 Å². The van der Waals surface area contributed by atoms with Gasteiger partial charge in [0.2, 0.25) is 0 Å². The van der Waals surface area contributed by atoms with Gasteiger partial charge < -0.3 is 4.98 Å². The number of hydrogen-bond donors (Lipinski definition) is 1. The topological polar surface area (TPSA) is 69.5 Å². The maximum atomic E-state index is 11.8. The summed E-state index contributed by atoms with van der Waals surface area (Å²) in [5.41, 5.74) is 2.75. The summed E-state index contributed by atoms with van der Waals surface area (Å²) in [5, 5.41) is 9.51. The monoisotopic (exact) mass is 285 g/mol. The van der Waals surface area contributed by atoms with Gasteiger partial charge in [-0.2, -0.15) is 5.26 Å². The van der Waals surface area contributed by atoms with Crippen LogP contribution in [-0.4, -0.2) is 9.97 Å². The van der Waals surface area contributed by atoms with E-state index in [9.17, 15) is 4.79 Å². The Morgan fingerprint density at radius 3 is 2.80 bits per heavy atom. The second-order valence-corrected chi connectivity index (χ2v) is 5.34. The molecule has 0 aliphatic heterocycles. The highest BCUT2D eigenvalue weighted by atomic mass is 32.2. The number of hydrogen-bond acceptors (Lipinski definition) is 4. The number of rotatable bonds is 4. The molecule has 0 aliphatic carbocycles. The van der Waals surface area contributed by atoms with Crippen molar-refractivity contribution in [3.8, 4) is 6.07 Å². The molecule has 0 bridgehead atoms. The van der Waals surface area contributed by atoms with Crippen molar-refractivity contribution < 1.29 is 0 Å². The van der Waals surface area contributed by atoms with E-state index in [0.29, 0.717) is 17.3 Å². The third kappa shape index (κ3) is 3.09. The van der Waals surface area contributed by atoms with E-state index in [2.05, 4.69) is 29.0 Å². The minimum atomic E-state index is -0.355. The molecule has 2 aromatic rings. The molecule has 0 spiro atoms. The molecule has 0 radical (unpaired) electrons. The first-order chi connectivity index (χ1) is 9.65. The van der Waals surface area contributed by atoms with Crippen molar-refractivity contribution in [2.75, 3.05) is 0 Å². The van der Waals surface area contributed by atoms with Crippen molar-refractivity contribution in [2.24, 2.45) is 0 Å². The molecule has 0 amide bonds. The highest BCUT2D eigenvalue weighted by Crippen LogP contribution is 2.21. The van der Waals surface area contributed by atoms with E-state index >= 15 is 0 Å². The second-order valence-electron chi connectivity index (χ2n) is 4.37. The summed E-state index contributed by atoms with van der Waals surface area (Å²) in [7, 11) is 0. The Labute approximate surface area is 121 Å². The lowest BCUT2D eigenvalue weighted by Crippen LogP contribution is -2.16. The second kappa shape index (κ2) is 6.40. The fraction of sp³-hybridized carbons (Fsp3) is 0.267. The molecule has 0 fully saturated rings. The Balaban J connectivity index is 2.23. The summed E-state index contributed by atoms with van der Waals surface area (Å²) < 4.78 is 0. The van der Waals surface area contributed by atoms with Crippen molar-refractivity contribution in [1.29, 1.82) is 5.26 Å². The quantitative estimate of drug-likeness (QED) is 0.692. The van der Waals surface area contributed by atoms with Gasteiger partial charge in [0.1, 0.15) is 11.6 Å². The highest BCUT2D eigenvalue weighted by Gasteiger charge is 2.10. The van der Waals surface area contributed by atoms with E-state index in [1.165, 1.54) is 22.9 Å². The van der Waals surface area contributed by atoms with Crippen LogP contribution < -0.4 is 5.56 Å². The first-order valence-electron chi connectivity index (χ1n) is 6.36. The molecule has 0 saturated heterocycles. The van der Waals surface area contributed by atoms with Crippen LogP contribution in [0.25, 0.3) is 0 Å². The summed E-state index contributed by atoms with van der Waals surface area (Å²) in [6.45, 7) is 3.95. The van der Waals surface area contributed by atoms with Crippen LogP contribution in [0.4, 0.5) is 0 Å². The summed E-state index contributed by atoms with van der Waals surface area (Å²) in [6.07, 6.45) is 0.574. The van der Waals surface area contributed by atoms with E-state index in [0.717, 1.165) is 5.75 Å². The van der Waals surface area contributed by atoms with E-state index in [1.807, 2.05) is 25.1 Å². The Kier molecular flexibility index (Phi) is 4.59. The van der Waals surface area contributed by atoms with Crippen LogP contribution in [0.5, 0.6) is 0 Å². The van der Waals surface area contributed by atoms with Gasteiger partial charge in [-0.25, -0.2) is 4.98 Å². The van der Waals surface area contributed by atoms with Gasteiger partial charge >= 0.3 is 0 Å². The Hall–Kier alpha value is -2.06. The van der Waals surface area contributed by atoms with Crippen molar-refractivity contribution in [3.63, 3.8) is 0 Å². The zero-order valence-electron chi connectivity index (χ0n) is 11.4. The highest BCUT2D eigenvalue weighted by molar-refractivity contribution is 7.98. The van der Waals surface area contributed by atoms with Gasteiger partial charge in [-0.05, 0) is 24.5 Å². The fourth-order valence-corrected chi connectivity index (χ4v) is 2.81. The van der Waals surface area contributed by atoms with Crippen molar-refractivity contribution in [2.45, 2.75) is 31.2 Å². The molecule has 1 aromatic carbocycles. The molecule has 0 aliphatic rings. The number of nitrogens with zero attached hydrogens (tertiary/aromatic N) is 2. The minimum absolute atomic E-state index is 0.118. The van der Waals surface area contributed by atoms with Crippen LogP contribution in [0.3, 0.4) is 0 Å². The van der Waals surface area contributed by atoms with Crippen LogP contribution >= 0.6 is 11.8 Å². The smallest absolute Gasteiger partial charge is 0.269 e. The van der Waals surface area contributed by atoms with Crippen molar-refractivity contribution in [1.82, 2.24) is 9.97 Å². The average molecular weight is 285 g/mol. The van der Waals surface area contributed by atoms with Crippen molar-refractivity contribution >= 4 is 11.8 Å². The number of aromatic nitrogens is 2. The molecule has 20 heavy (non-hydrogen) atoms. The maximum absolute atomic E-state index is 11.8. The van der Waals surface area contributed by atoms with E-state index in [1.54, 1.807) is 0 Å². The van der Waals surface area contributed by atoms with E-state index < -0.39 is 0 Å². The number of thioether (sulfide) groups is 1. The zero-order chi connectivity index (χ0) is 14.5. The van der Waals surface area contributed by atoms with Gasteiger partial charge in [0.05, 0.1) is 5.69 Å². The molecule has 1 heterocycles. The van der Waals surface area contributed by atoms with Gasteiger partial charge in [-0.1, -0.05) is 43.0 Å². The molecule has 5 heteroatoms. The molecule has 0 unspecified atom stereocenters. The molecular formula is C15H15N3OS. The third-order valence-corrected chi connectivity index (χ3v) is 3.97. The van der Waals surface area contributed by atoms with Gasteiger partial charge in [0.15, 0.2) is 5.16 Å². The zero-order valence-corrected chi connectivity index (χ0v) is 12.3. The normalized spacial score (nSPS) is 10.2. The first-order valence-corrected chi connectivity index (χ1v) is 7.34. The Bertz CT molecular complexity index is 716. The lowest BCUT2D eigenvalue weighted by atomic mass is 10.1. The number of aryl methyl sites for hydroxylation is 2. The van der Waals surface area contributed by atoms with Gasteiger partial charge in [-0.3, -0.25) is 4.79 Å². The number of nitriles is 1. The summed E-state index contributed by atoms with van der Waals surface area (Å²) in [6, 6.07) is 10.0. The molecule has 2 rings (SSSR count). The SMILES string of the molecule is CCc1nc(SCc2ccccc2C)[nH]c(=O)c1C#N. The van der Waals surface area contributed by atoms with E-state index in [4.69, 9.17) is 5.26 Å². The predicted octanol–water partition coefficient (Wildman–Crippen LogP) is 2.80. The molecule has 4 nitrogen and oxygen atoms in total. The standard InChI is InChI=1S/C15H15N3OS/c1-3-13-12(8-16)14(19)18-15(17-13)20-9-11-7-5-4-6-10(11)2/h4-7H,3,9H2,1-2H3,(H,17,18,19). The lowest BCUT2D eigenvalue weighted by Gasteiger charge is -2.06. The molecule has 0 atom stereocenters. The minimum Gasteiger partial charge on any atom is -0.300 e. The number of nitrogens with one attached hydrogen (secondary N) is 1. The van der Waals surface area contributed by atoms with E-state index in [-0.39, 0.29) is 11.1 Å². The van der Waals surface area contributed by atoms with Gasteiger partial charge in [-0.15, -0.1) is 0 Å². The molecule has 1 aromatic heterocycles. The van der Waals surface area contributed by atoms with Crippen LogP contribution in [0, 0.1) is 18.3 Å². The summed E-state index contributed by atoms with van der Waals surface area (Å²) in [4.78, 5) is 18.8. The fourth-order valence-electron chi connectivity index (χ4n) is 1.85. The largest absolute Gasteiger partial charge is 0.300 e. The number of aromatic amines is 1. The maximum Gasteiger partial charge on any atom is 0.269 e. The van der Waals surface area contributed by atoms with Gasteiger partial charge in [0.25, 0.3) is 5.56 Å². The molecule has 1 N–H and O–H groups in total.